The summed E-state index contributed by atoms with van der Waals surface area (Å²) in [7, 11) is -3.97. The van der Waals surface area contributed by atoms with Gasteiger partial charge in [0.25, 0.3) is 5.91 Å². The average Bonchev–Trinajstić information content (AvgIpc) is 2.94. The number of rotatable bonds is 4. The highest BCUT2D eigenvalue weighted by molar-refractivity contribution is 7.91. The van der Waals surface area contributed by atoms with E-state index in [0.717, 1.165) is 18.2 Å². The van der Waals surface area contributed by atoms with E-state index in [2.05, 4.69) is 0 Å². The number of carbonyl (C=O) groups is 1. The van der Waals surface area contributed by atoms with Gasteiger partial charge in [-0.1, -0.05) is 11.6 Å². The predicted octanol–water partition coefficient (Wildman–Crippen LogP) is 3.33. The molecule has 1 heterocycles. The number of hydrogen-bond acceptors (Lipinski definition) is 5. The maximum absolute atomic E-state index is 12.7. The zero-order valence-electron chi connectivity index (χ0n) is 13.4. The van der Waals surface area contributed by atoms with E-state index in [-0.39, 0.29) is 33.2 Å². The summed E-state index contributed by atoms with van der Waals surface area (Å²) in [6.07, 6.45) is -4.01. The van der Waals surface area contributed by atoms with Crippen molar-refractivity contribution in [1.29, 1.82) is 0 Å². The van der Waals surface area contributed by atoms with Crippen molar-refractivity contribution in [2.45, 2.75) is 35.4 Å². The third-order valence-electron chi connectivity index (χ3n) is 3.59. The van der Waals surface area contributed by atoms with Gasteiger partial charge in [0.15, 0.2) is 0 Å². The second-order valence-electron chi connectivity index (χ2n) is 5.51. The molecule has 0 radical (unpaired) electrons. The first-order valence-corrected chi connectivity index (χ1v) is 8.84. The lowest BCUT2D eigenvalue weighted by Crippen LogP contribution is -2.52. The number of carbonyl (C=O) groups excluding carboxylic acids is 1. The minimum absolute atomic E-state index is 0.0923. The van der Waals surface area contributed by atoms with Crippen molar-refractivity contribution >= 4 is 33.0 Å². The normalized spacial score (nSPS) is 14.7. The molecule has 1 amide bonds. The van der Waals surface area contributed by atoms with E-state index in [1.54, 1.807) is 0 Å². The molecular weight excluding hydrogens is 399 g/mol. The molecular formula is C15H13ClF3NO5S. The Labute approximate surface area is 151 Å². The fourth-order valence-corrected chi connectivity index (χ4v) is 3.64. The second kappa shape index (κ2) is 6.60. The van der Waals surface area contributed by atoms with Crippen LogP contribution in [0.5, 0.6) is 0 Å². The van der Waals surface area contributed by atoms with Gasteiger partial charge in [-0.05, 0) is 38.1 Å². The standard InChI is InChI=1S/C15H13ClF3NO5S/c1-8-12(5-6-25-8)26(23,24)9-3-4-11(10(16)7-9)20-13(21)14(2,22)15(17,18)19/h3-7,22H,1-2H3,(H,20,21)/t14-/m1/s1. The van der Waals surface area contributed by atoms with Crippen LogP contribution in [0.1, 0.15) is 12.7 Å². The van der Waals surface area contributed by atoms with E-state index in [1.165, 1.54) is 19.3 Å². The summed E-state index contributed by atoms with van der Waals surface area (Å²) < 4.78 is 68.0. The predicted molar refractivity (Wildman–Crippen MR) is 85.7 cm³/mol. The van der Waals surface area contributed by atoms with Gasteiger partial charge in [-0.25, -0.2) is 8.42 Å². The summed E-state index contributed by atoms with van der Waals surface area (Å²) in [5.74, 6) is -1.60. The molecule has 0 aliphatic rings. The molecule has 0 fully saturated rings. The van der Waals surface area contributed by atoms with E-state index < -0.39 is 27.5 Å². The number of aliphatic hydroxyl groups is 1. The molecule has 2 aromatic rings. The number of anilines is 1. The van der Waals surface area contributed by atoms with Crippen molar-refractivity contribution in [1.82, 2.24) is 0 Å². The van der Waals surface area contributed by atoms with Crippen LogP contribution in [0, 0.1) is 6.92 Å². The highest BCUT2D eigenvalue weighted by atomic mass is 35.5. The van der Waals surface area contributed by atoms with Gasteiger partial charge in [-0.15, -0.1) is 0 Å². The van der Waals surface area contributed by atoms with Crippen LogP contribution < -0.4 is 5.32 Å². The SMILES string of the molecule is Cc1occc1S(=O)(=O)c1ccc(NC(=O)[C@@](C)(O)C(F)(F)F)c(Cl)c1. The monoisotopic (exact) mass is 411 g/mol. The second-order valence-corrected chi connectivity index (χ2v) is 7.84. The lowest BCUT2D eigenvalue weighted by atomic mass is 10.1. The Morgan fingerprint density at radius 2 is 1.88 bits per heavy atom. The lowest BCUT2D eigenvalue weighted by molar-refractivity contribution is -0.242. The zero-order chi connectivity index (χ0) is 19.9. The summed E-state index contributed by atoms with van der Waals surface area (Å²) in [5, 5.41) is 10.8. The first kappa shape index (κ1) is 20.3. The quantitative estimate of drug-likeness (QED) is 0.804. The summed E-state index contributed by atoms with van der Waals surface area (Å²) in [6, 6.07) is 4.30. The molecule has 142 valence electrons. The molecule has 1 aromatic heterocycles. The summed E-state index contributed by atoms with van der Waals surface area (Å²) in [4.78, 5) is 11.3. The number of furan rings is 1. The van der Waals surface area contributed by atoms with E-state index in [1.807, 2.05) is 5.32 Å². The molecule has 0 saturated heterocycles. The van der Waals surface area contributed by atoms with Gasteiger partial charge in [0.2, 0.25) is 15.4 Å². The van der Waals surface area contributed by atoms with Crippen molar-refractivity contribution in [3.05, 3.63) is 41.3 Å². The van der Waals surface area contributed by atoms with E-state index in [0.29, 0.717) is 0 Å². The van der Waals surface area contributed by atoms with Crippen LogP contribution in [0.15, 0.2) is 44.7 Å². The molecule has 0 spiro atoms. The van der Waals surface area contributed by atoms with Crippen molar-refractivity contribution in [3.8, 4) is 0 Å². The van der Waals surface area contributed by atoms with E-state index >= 15 is 0 Å². The smallest absolute Gasteiger partial charge is 0.426 e. The van der Waals surface area contributed by atoms with Gasteiger partial charge in [0, 0.05) is 0 Å². The number of aryl methyl sites for hydroxylation is 1. The largest absolute Gasteiger partial charge is 0.468 e. The maximum atomic E-state index is 12.7. The Hall–Kier alpha value is -2.04. The Bertz CT molecular complexity index is 950. The minimum atomic E-state index is -5.20. The Kier molecular flexibility index (Phi) is 5.15. The van der Waals surface area contributed by atoms with Crippen LogP contribution >= 0.6 is 11.6 Å². The van der Waals surface area contributed by atoms with Crippen LogP contribution in [0.25, 0.3) is 0 Å². The molecule has 11 heteroatoms. The van der Waals surface area contributed by atoms with Gasteiger partial charge in [-0.3, -0.25) is 4.79 Å². The molecule has 0 aliphatic carbocycles. The van der Waals surface area contributed by atoms with Gasteiger partial charge in [0.05, 0.1) is 21.9 Å². The molecule has 26 heavy (non-hydrogen) atoms. The number of alkyl halides is 3. The molecule has 0 aliphatic heterocycles. The summed E-state index contributed by atoms with van der Waals surface area (Å²) in [6.45, 7) is 1.74. The highest BCUT2D eigenvalue weighted by Gasteiger charge is 2.55. The Morgan fingerprint density at radius 3 is 2.35 bits per heavy atom. The van der Waals surface area contributed by atoms with Crippen molar-refractivity contribution in [2.75, 3.05) is 5.32 Å². The van der Waals surface area contributed by atoms with Gasteiger partial charge in [0.1, 0.15) is 10.7 Å². The van der Waals surface area contributed by atoms with Crippen molar-refractivity contribution in [2.24, 2.45) is 0 Å². The molecule has 0 unspecified atom stereocenters. The molecule has 2 rings (SSSR count). The fourth-order valence-electron chi connectivity index (χ4n) is 1.92. The minimum Gasteiger partial charge on any atom is -0.468 e. The van der Waals surface area contributed by atoms with Crippen LogP contribution in [0.2, 0.25) is 5.02 Å². The summed E-state index contributed by atoms with van der Waals surface area (Å²) >= 11 is 5.88. The van der Waals surface area contributed by atoms with Crippen LogP contribution in [-0.2, 0) is 14.6 Å². The lowest BCUT2D eigenvalue weighted by Gasteiger charge is -2.25. The van der Waals surface area contributed by atoms with Crippen molar-refractivity contribution in [3.63, 3.8) is 0 Å². The first-order valence-electron chi connectivity index (χ1n) is 6.98. The van der Waals surface area contributed by atoms with E-state index in [4.69, 9.17) is 16.0 Å². The Balaban J connectivity index is 2.34. The van der Waals surface area contributed by atoms with Crippen LogP contribution in [-0.4, -0.2) is 31.2 Å². The molecule has 0 bridgehead atoms. The van der Waals surface area contributed by atoms with Gasteiger partial charge >= 0.3 is 6.18 Å². The van der Waals surface area contributed by atoms with Crippen LogP contribution in [0.3, 0.4) is 0 Å². The molecule has 2 N–H and O–H groups in total. The molecule has 1 atom stereocenters. The topological polar surface area (TPSA) is 96.6 Å². The Morgan fingerprint density at radius 1 is 1.27 bits per heavy atom. The van der Waals surface area contributed by atoms with Crippen molar-refractivity contribution < 1.29 is 35.9 Å². The highest BCUT2D eigenvalue weighted by Crippen LogP contribution is 2.33. The third kappa shape index (κ3) is 3.57. The number of amides is 1. The fraction of sp³-hybridized carbons (Fsp3) is 0.267. The third-order valence-corrected chi connectivity index (χ3v) is 5.78. The number of hydrogen-bond donors (Lipinski definition) is 2. The average molecular weight is 412 g/mol. The molecule has 0 saturated carbocycles. The number of sulfone groups is 1. The first-order chi connectivity index (χ1) is 11.8. The number of nitrogens with one attached hydrogen (secondary N) is 1. The van der Waals surface area contributed by atoms with Crippen LogP contribution in [0.4, 0.5) is 18.9 Å². The maximum Gasteiger partial charge on any atom is 0.426 e. The van der Waals surface area contributed by atoms with Gasteiger partial charge in [-0.2, -0.15) is 13.2 Å². The van der Waals surface area contributed by atoms with E-state index in [9.17, 15) is 31.5 Å². The van der Waals surface area contributed by atoms with Gasteiger partial charge < -0.3 is 14.8 Å². The molecule has 1 aromatic carbocycles. The molecule has 6 nitrogen and oxygen atoms in total. The number of benzene rings is 1. The zero-order valence-corrected chi connectivity index (χ0v) is 15.0. The number of halogens is 4. The summed E-state index contributed by atoms with van der Waals surface area (Å²) in [5.41, 5.74) is -3.93.